The van der Waals surface area contributed by atoms with Gasteiger partial charge in [0.25, 0.3) is 0 Å². The van der Waals surface area contributed by atoms with Gasteiger partial charge in [-0.25, -0.2) is 0 Å². The number of nitrogens with one attached hydrogen (secondary N) is 1. The summed E-state index contributed by atoms with van der Waals surface area (Å²) in [7, 11) is 1.70. The topological polar surface area (TPSA) is 33.7 Å². The average Bonchev–Trinajstić information content (AvgIpc) is 2.35. The van der Waals surface area contributed by atoms with E-state index in [9.17, 15) is 0 Å². The van der Waals surface area contributed by atoms with Gasteiger partial charge in [-0.1, -0.05) is 0 Å². The summed E-state index contributed by atoms with van der Waals surface area (Å²) in [6.07, 6.45) is 0. The van der Waals surface area contributed by atoms with Gasteiger partial charge in [0, 0.05) is 12.1 Å². The Morgan fingerprint density at radius 3 is 2.26 bits per heavy atom. The molecule has 0 amide bonds. The summed E-state index contributed by atoms with van der Waals surface area (Å²) in [6, 6.07) is 6.78. The van der Waals surface area contributed by atoms with E-state index in [2.05, 4.69) is 44.1 Å². The number of rotatable bonds is 7. The van der Waals surface area contributed by atoms with Crippen LogP contribution < -0.4 is 15.1 Å². The minimum Gasteiger partial charge on any atom is -0.495 e. The number of nitrogens with zero attached hydrogens (tertiary/aromatic N) is 1. The van der Waals surface area contributed by atoms with Gasteiger partial charge < -0.3 is 9.64 Å². The van der Waals surface area contributed by atoms with Crippen LogP contribution in [0.4, 0.5) is 11.4 Å². The van der Waals surface area contributed by atoms with E-state index in [0.29, 0.717) is 18.7 Å². The molecule has 0 bridgehead atoms. The van der Waals surface area contributed by atoms with Crippen LogP contribution in [0.1, 0.15) is 34.6 Å². The third kappa shape index (κ3) is 4.03. The number of benzene rings is 1. The van der Waals surface area contributed by atoms with Gasteiger partial charge in [-0.2, -0.15) is 0 Å². The minimum atomic E-state index is 0.399. The number of hydrogen-bond donors (Lipinski definition) is 1. The zero-order valence-corrected chi connectivity index (χ0v) is 12.9. The second-order valence-electron chi connectivity index (χ2n) is 5.02. The third-order valence-corrected chi connectivity index (χ3v) is 2.90. The molecule has 19 heavy (non-hydrogen) atoms. The summed E-state index contributed by atoms with van der Waals surface area (Å²) in [4.78, 5) is 7.57. The average molecular weight is 266 g/mol. The van der Waals surface area contributed by atoms with E-state index in [4.69, 9.17) is 9.57 Å². The Bertz CT molecular complexity index is 384. The molecule has 0 fully saturated rings. The van der Waals surface area contributed by atoms with Gasteiger partial charge in [0.05, 0.1) is 25.1 Å². The quantitative estimate of drug-likeness (QED) is 0.763. The maximum Gasteiger partial charge on any atom is 0.142 e. The van der Waals surface area contributed by atoms with Crippen molar-refractivity contribution in [2.24, 2.45) is 0 Å². The van der Waals surface area contributed by atoms with Crippen LogP contribution in [0.5, 0.6) is 5.75 Å². The molecule has 0 radical (unpaired) electrons. The second-order valence-corrected chi connectivity index (χ2v) is 5.02. The number of hydrogen-bond acceptors (Lipinski definition) is 4. The van der Waals surface area contributed by atoms with Crippen molar-refractivity contribution in [1.29, 1.82) is 0 Å². The highest BCUT2D eigenvalue weighted by molar-refractivity contribution is 5.66. The molecule has 0 saturated carbocycles. The predicted molar refractivity (Wildman–Crippen MR) is 81.0 cm³/mol. The molecule has 1 aromatic rings. The van der Waals surface area contributed by atoms with Gasteiger partial charge in [-0.3, -0.25) is 10.3 Å². The largest absolute Gasteiger partial charge is 0.495 e. The molecule has 0 atom stereocenters. The molecule has 108 valence electrons. The minimum absolute atomic E-state index is 0.399. The molecule has 0 saturated heterocycles. The highest BCUT2D eigenvalue weighted by atomic mass is 16.6. The van der Waals surface area contributed by atoms with Crippen LogP contribution in [-0.4, -0.2) is 25.8 Å². The zero-order valence-electron chi connectivity index (χ0n) is 12.9. The molecule has 4 heteroatoms. The molecule has 0 heterocycles. The molecule has 0 aliphatic carbocycles. The summed E-state index contributed by atoms with van der Waals surface area (Å²) in [5, 5.41) is 0. The fourth-order valence-electron chi connectivity index (χ4n) is 2.26. The lowest BCUT2D eigenvalue weighted by atomic mass is 10.1. The van der Waals surface area contributed by atoms with E-state index < -0.39 is 0 Å². The third-order valence-electron chi connectivity index (χ3n) is 2.90. The highest BCUT2D eigenvalue weighted by Gasteiger charge is 2.18. The Balaban J connectivity index is 3.12. The van der Waals surface area contributed by atoms with Gasteiger partial charge in [-0.15, -0.1) is 0 Å². The van der Waals surface area contributed by atoms with Gasteiger partial charge in [0.2, 0.25) is 0 Å². The van der Waals surface area contributed by atoms with Crippen LogP contribution in [0, 0.1) is 0 Å². The van der Waals surface area contributed by atoms with Crippen LogP contribution in [0.3, 0.4) is 0 Å². The Hall–Kier alpha value is -1.42. The van der Waals surface area contributed by atoms with Crippen LogP contribution in [0.2, 0.25) is 0 Å². The molecule has 0 aromatic heterocycles. The maximum atomic E-state index is 5.48. The molecular weight excluding hydrogens is 240 g/mol. The fourth-order valence-corrected chi connectivity index (χ4v) is 2.26. The van der Waals surface area contributed by atoms with Crippen LogP contribution in [0.15, 0.2) is 18.2 Å². The lowest BCUT2D eigenvalue weighted by Gasteiger charge is -2.34. The molecule has 4 nitrogen and oxygen atoms in total. The molecule has 1 N–H and O–H groups in total. The van der Waals surface area contributed by atoms with Crippen molar-refractivity contribution in [3.63, 3.8) is 0 Å². The normalized spacial score (nSPS) is 10.9. The molecule has 0 unspecified atom stereocenters. The van der Waals surface area contributed by atoms with E-state index in [0.717, 1.165) is 17.1 Å². The summed E-state index contributed by atoms with van der Waals surface area (Å²) < 4.78 is 5.48. The molecule has 1 rings (SSSR count). The molecule has 0 spiro atoms. The van der Waals surface area contributed by atoms with Gasteiger partial charge in [-0.05, 0) is 52.8 Å². The van der Waals surface area contributed by atoms with E-state index in [1.54, 1.807) is 7.11 Å². The van der Waals surface area contributed by atoms with Crippen LogP contribution in [-0.2, 0) is 4.84 Å². The number of methoxy groups -OCH3 is 1. The van der Waals surface area contributed by atoms with Crippen molar-refractivity contribution in [2.75, 3.05) is 24.1 Å². The second kappa shape index (κ2) is 7.24. The summed E-state index contributed by atoms with van der Waals surface area (Å²) in [6.45, 7) is 11.3. The number of anilines is 2. The lowest BCUT2D eigenvalue weighted by molar-refractivity contribution is 0.210. The van der Waals surface area contributed by atoms with Crippen molar-refractivity contribution in [1.82, 2.24) is 0 Å². The first-order valence-corrected chi connectivity index (χ1v) is 6.85. The zero-order chi connectivity index (χ0) is 14.4. The number of ether oxygens (including phenoxy) is 1. The van der Waals surface area contributed by atoms with Crippen molar-refractivity contribution in [2.45, 2.75) is 46.7 Å². The first-order valence-electron chi connectivity index (χ1n) is 6.85. The van der Waals surface area contributed by atoms with Crippen molar-refractivity contribution < 1.29 is 9.57 Å². The van der Waals surface area contributed by atoms with Crippen molar-refractivity contribution in [3.05, 3.63) is 18.2 Å². The SMILES string of the molecule is CCONc1ccc(OC)c(N(C(C)C)C(C)C)c1. The van der Waals surface area contributed by atoms with Crippen LogP contribution >= 0.6 is 0 Å². The monoisotopic (exact) mass is 266 g/mol. The Labute approximate surface area is 116 Å². The van der Waals surface area contributed by atoms with Crippen molar-refractivity contribution in [3.8, 4) is 5.75 Å². The lowest BCUT2D eigenvalue weighted by Crippen LogP contribution is -2.37. The summed E-state index contributed by atoms with van der Waals surface area (Å²) in [5.41, 5.74) is 4.95. The van der Waals surface area contributed by atoms with E-state index in [-0.39, 0.29) is 0 Å². The van der Waals surface area contributed by atoms with Crippen molar-refractivity contribution >= 4 is 11.4 Å². The standard InChI is InChI=1S/C15H26N2O2/c1-7-19-16-13-8-9-15(18-6)14(10-13)17(11(2)3)12(4)5/h8-12,16H,7H2,1-6H3. The summed E-state index contributed by atoms with van der Waals surface area (Å²) in [5.74, 6) is 0.879. The predicted octanol–water partition coefficient (Wildman–Crippen LogP) is 3.68. The van der Waals surface area contributed by atoms with Gasteiger partial charge >= 0.3 is 0 Å². The first kappa shape index (κ1) is 15.6. The highest BCUT2D eigenvalue weighted by Crippen LogP contribution is 2.33. The van der Waals surface area contributed by atoms with E-state index in [1.165, 1.54) is 0 Å². The van der Waals surface area contributed by atoms with Gasteiger partial charge in [0.1, 0.15) is 5.75 Å². The Morgan fingerprint density at radius 2 is 1.79 bits per heavy atom. The first-order chi connectivity index (χ1) is 9.01. The smallest absolute Gasteiger partial charge is 0.142 e. The molecule has 1 aromatic carbocycles. The van der Waals surface area contributed by atoms with Gasteiger partial charge in [0.15, 0.2) is 0 Å². The maximum absolute atomic E-state index is 5.48. The van der Waals surface area contributed by atoms with E-state index >= 15 is 0 Å². The molecular formula is C15H26N2O2. The fraction of sp³-hybridized carbons (Fsp3) is 0.600. The molecule has 0 aliphatic rings. The van der Waals surface area contributed by atoms with Crippen LogP contribution in [0.25, 0.3) is 0 Å². The van der Waals surface area contributed by atoms with E-state index in [1.807, 2.05) is 19.1 Å². The Morgan fingerprint density at radius 1 is 1.16 bits per heavy atom. The summed E-state index contributed by atoms with van der Waals surface area (Å²) >= 11 is 0. The Kier molecular flexibility index (Phi) is 5.96. The molecule has 0 aliphatic heterocycles.